The predicted molar refractivity (Wildman–Crippen MR) is 113 cm³/mol. The van der Waals surface area contributed by atoms with Crippen molar-refractivity contribution < 1.29 is 14.4 Å². The van der Waals surface area contributed by atoms with Crippen molar-refractivity contribution in [2.24, 2.45) is 5.92 Å². The van der Waals surface area contributed by atoms with Crippen LogP contribution in [0.15, 0.2) is 30.3 Å². The third-order valence-electron chi connectivity index (χ3n) is 6.02. The lowest BCUT2D eigenvalue weighted by Gasteiger charge is -2.36. The number of nitriles is 1. The van der Waals surface area contributed by atoms with E-state index in [4.69, 9.17) is 5.26 Å². The largest absolute Gasteiger partial charge is 0.339 e. The molecule has 1 aliphatic heterocycles. The summed E-state index contributed by atoms with van der Waals surface area (Å²) in [5.74, 6) is 0.206. The molecule has 1 saturated heterocycles. The van der Waals surface area contributed by atoms with Crippen molar-refractivity contribution in [1.29, 1.82) is 5.26 Å². The van der Waals surface area contributed by atoms with E-state index < -0.39 is 0 Å². The summed E-state index contributed by atoms with van der Waals surface area (Å²) in [7, 11) is 0. The van der Waals surface area contributed by atoms with Gasteiger partial charge in [-0.05, 0) is 25.0 Å². The highest BCUT2D eigenvalue weighted by Crippen LogP contribution is 2.27. The molecule has 0 spiro atoms. The van der Waals surface area contributed by atoms with Gasteiger partial charge in [0.2, 0.25) is 17.7 Å². The fourth-order valence-electron chi connectivity index (χ4n) is 4.28. The van der Waals surface area contributed by atoms with Gasteiger partial charge in [-0.1, -0.05) is 31.0 Å². The van der Waals surface area contributed by atoms with Gasteiger partial charge in [0.1, 0.15) is 0 Å². The fourth-order valence-corrected chi connectivity index (χ4v) is 4.28. The second-order valence-electron chi connectivity index (χ2n) is 7.98. The van der Waals surface area contributed by atoms with Crippen LogP contribution in [0.4, 0.5) is 5.69 Å². The van der Waals surface area contributed by atoms with Crippen LogP contribution in [-0.2, 0) is 14.4 Å². The van der Waals surface area contributed by atoms with Crippen molar-refractivity contribution in [1.82, 2.24) is 9.80 Å². The van der Waals surface area contributed by atoms with Gasteiger partial charge < -0.3 is 14.7 Å². The number of nitrogens with zero attached hydrogens (tertiary/aromatic N) is 4. The summed E-state index contributed by atoms with van der Waals surface area (Å²) >= 11 is 0. The van der Waals surface area contributed by atoms with Gasteiger partial charge >= 0.3 is 0 Å². The molecule has 0 aromatic heterocycles. The van der Waals surface area contributed by atoms with Gasteiger partial charge in [0, 0.05) is 57.2 Å². The summed E-state index contributed by atoms with van der Waals surface area (Å²) in [5, 5.41) is 8.89. The van der Waals surface area contributed by atoms with Crippen LogP contribution < -0.4 is 4.90 Å². The van der Waals surface area contributed by atoms with Crippen LogP contribution in [0.1, 0.15) is 44.9 Å². The fraction of sp³-hybridized carbons (Fsp3) is 0.565. The second kappa shape index (κ2) is 10.8. The molecule has 1 aromatic rings. The average Bonchev–Trinajstić information content (AvgIpc) is 3.33. The predicted octanol–water partition coefficient (Wildman–Crippen LogP) is 2.57. The topological polar surface area (TPSA) is 84.7 Å². The number of carbonyl (C=O) groups is 3. The molecule has 30 heavy (non-hydrogen) atoms. The molecular formula is C23H30N4O3. The van der Waals surface area contributed by atoms with E-state index in [0.717, 1.165) is 31.4 Å². The molecule has 0 N–H and O–H groups in total. The van der Waals surface area contributed by atoms with Gasteiger partial charge in [-0.15, -0.1) is 0 Å². The highest BCUT2D eigenvalue weighted by Gasteiger charge is 2.30. The van der Waals surface area contributed by atoms with Crippen LogP contribution in [0.3, 0.4) is 0 Å². The zero-order chi connectivity index (χ0) is 21.3. The van der Waals surface area contributed by atoms with Crippen molar-refractivity contribution in [3.8, 4) is 6.07 Å². The van der Waals surface area contributed by atoms with E-state index in [1.165, 1.54) is 0 Å². The molecule has 2 fully saturated rings. The van der Waals surface area contributed by atoms with Gasteiger partial charge in [-0.3, -0.25) is 14.4 Å². The Morgan fingerprint density at radius 2 is 1.60 bits per heavy atom. The van der Waals surface area contributed by atoms with E-state index in [0.29, 0.717) is 32.7 Å². The molecule has 0 bridgehead atoms. The molecule has 7 nitrogen and oxygen atoms in total. The number of benzene rings is 1. The van der Waals surface area contributed by atoms with E-state index >= 15 is 0 Å². The number of carbonyl (C=O) groups excluding carboxylic acids is 3. The van der Waals surface area contributed by atoms with Crippen LogP contribution in [0.25, 0.3) is 0 Å². The van der Waals surface area contributed by atoms with Crippen molar-refractivity contribution in [3.63, 3.8) is 0 Å². The zero-order valence-electron chi connectivity index (χ0n) is 17.5. The number of hydrogen-bond acceptors (Lipinski definition) is 4. The first-order valence-corrected chi connectivity index (χ1v) is 10.9. The smallest absolute Gasteiger partial charge is 0.227 e. The maximum Gasteiger partial charge on any atom is 0.227 e. The molecule has 1 saturated carbocycles. The first kappa shape index (κ1) is 21.8. The Morgan fingerprint density at radius 3 is 2.23 bits per heavy atom. The van der Waals surface area contributed by atoms with Crippen molar-refractivity contribution in [3.05, 3.63) is 30.3 Å². The minimum atomic E-state index is -0.153. The maximum atomic E-state index is 12.7. The molecule has 3 amide bonds. The number of hydrogen-bond donors (Lipinski definition) is 0. The number of piperazine rings is 1. The Labute approximate surface area is 178 Å². The minimum Gasteiger partial charge on any atom is -0.339 e. The first-order valence-electron chi connectivity index (χ1n) is 10.9. The Balaban J connectivity index is 1.47. The molecule has 1 aromatic carbocycles. The van der Waals surface area contributed by atoms with Crippen LogP contribution in [0.2, 0.25) is 0 Å². The minimum absolute atomic E-state index is 0.0513. The SMILES string of the molecule is N#CCCN(C(=O)CCC(=O)N1CCN(C(=O)C2CCCC2)CC1)c1ccccc1. The summed E-state index contributed by atoms with van der Waals surface area (Å²) in [4.78, 5) is 43.1. The maximum absolute atomic E-state index is 12.7. The van der Waals surface area contributed by atoms with E-state index in [1.54, 1.807) is 9.80 Å². The third-order valence-corrected chi connectivity index (χ3v) is 6.02. The van der Waals surface area contributed by atoms with Crippen molar-refractivity contribution >= 4 is 23.4 Å². The number of amides is 3. The molecule has 2 aliphatic rings. The Bertz CT molecular complexity index is 775. The van der Waals surface area contributed by atoms with Gasteiger partial charge in [0.05, 0.1) is 12.5 Å². The molecule has 1 heterocycles. The lowest BCUT2D eigenvalue weighted by Crippen LogP contribution is -2.51. The molecule has 160 valence electrons. The third kappa shape index (κ3) is 5.59. The van der Waals surface area contributed by atoms with Crippen LogP contribution in [-0.4, -0.2) is 60.2 Å². The van der Waals surface area contributed by atoms with Crippen molar-refractivity contribution in [2.45, 2.75) is 44.9 Å². The summed E-state index contributed by atoms with van der Waals surface area (Å²) < 4.78 is 0. The number of para-hydroxylation sites is 1. The molecule has 7 heteroatoms. The Hall–Kier alpha value is -2.88. The van der Waals surface area contributed by atoms with Gasteiger partial charge in [-0.2, -0.15) is 5.26 Å². The average molecular weight is 411 g/mol. The highest BCUT2D eigenvalue weighted by atomic mass is 16.2. The van der Waals surface area contributed by atoms with E-state index in [9.17, 15) is 14.4 Å². The molecular weight excluding hydrogens is 380 g/mol. The lowest BCUT2D eigenvalue weighted by atomic mass is 10.1. The Kier molecular flexibility index (Phi) is 7.83. The monoisotopic (exact) mass is 410 g/mol. The van der Waals surface area contributed by atoms with E-state index in [1.807, 2.05) is 35.2 Å². The lowest BCUT2D eigenvalue weighted by molar-refractivity contribution is -0.142. The summed E-state index contributed by atoms with van der Waals surface area (Å²) in [6, 6.07) is 11.3. The molecule has 0 radical (unpaired) electrons. The van der Waals surface area contributed by atoms with Crippen LogP contribution >= 0.6 is 0 Å². The highest BCUT2D eigenvalue weighted by molar-refractivity contribution is 5.95. The summed E-state index contributed by atoms with van der Waals surface area (Å²) in [6.45, 7) is 2.53. The van der Waals surface area contributed by atoms with Gasteiger partial charge in [-0.25, -0.2) is 0 Å². The molecule has 1 aliphatic carbocycles. The van der Waals surface area contributed by atoms with Crippen LogP contribution in [0.5, 0.6) is 0 Å². The van der Waals surface area contributed by atoms with E-state index in [-0.39, 0.29) is 42.9 Å². The normalized spacial score (nSPS) is 16.9. The van der Waals surface area contributed by atoms with E-state index in [2.05, 4.69) is 6.07 Å². The first-order chi connectivity index (χ1) is 14.6. The van der Waals surface area contributed by atoms with Crippen molar-refractivity contribution in [2.75, 3.05) is 37.6 Å². The van der Waals surface area contributed by atoms with Crippen LogP contribution in [0, 0.1) is 17.2 Å². The molecule has 3 rings (SSSR count). The summed E-state index contributed by atoms with van der Waals surface area (Å²) in [6.07, 6.45) is 4.75. The molecule has 0 atom stereocenters. The number of anilines is 1. The standard InChI is InChI=1S/C23H30N4O3/c24-13-6-14-27(20-9-2-1-3-10-20)22(29)12-11-21(28)25-15-17-26(18-16-25)23(30)19-7-4-5-8-19/h1-3,9-10,19H,4-8,11-12,14-18H2. The second-order valence-corrected chi connectivity index (χ2v) is 7.98. The van der Waals surface area contributed by atoms with Gasteiger partial charge in [0.25, 0.3) is 0 Å². The zero-order valence-corrected chi connectivity index (χ0v) is 17.5. The summed E-state index contributed by atoms with van der Waals surface area (Å²) in [5.41, 5.74) is 0.740. The van der Waals surface area contributed by atoms with Gasteiger partial charge in [0.15, 0.2) is 0 Å². The number of rotatable bonds is 7. The quantitative estimate of drug-likeness (QED) is 0.691. The Morgan fingerprint density at radius 1 is 0.967 bits per heavy atom. The molecule has 0 unspecified atom stereocenters.